The largest absolute Gasteiger partial charge is 0.493 e. The fraction of sp³-hybridized carbons (Fsp3) is 0.161. The van der Waals surface area contributed by atoms with Crippen LogP contribution in [0.1, 0.15) is 33.8 Å². The molecule has 1 unspecified atom stereocenters. The monoisotopic (exact) mass is 595 g/mol. The van der Waals surface area contributed by atoms with Crippen LogP contribution in [0, 0.1) is 0 Å². The van der Waals surface area contributed by atoms with E-state index in [-0.39, 0.29) is 10.9 Å². The summed E-state index contributed by atoms with van der Waals surface area (Å²) in [6.07, 6.45) is 0.946. The second-order valence-electron chi connectivity index (χ2n) is 9.27. The molecule has 204 valence electrons. The first-order chi connectivity index (χ1) is 19.3. The van der Waals surface area contributed by atoms with Crippen LogP contribution < -0.4 is 14.8 Å². The molecule has 5 rings (SSSR count). The highest BCUT2D eigenvalue weighted by Crippen LogP contribution is 2.42. The van der Waals surface area contributed by atoms with Gasteiger partial charge >= 0.3 is 5.97 Å². The number of amides is 1. The molecule has 4 aromatic carbocycles. The molecule has 1 aliphatic rings. The van der Waals surface area contributed by atoms with Gasteiger partial charge in [-0.15, -0.1) is 0 Å². The Morgan fingerprint density at radius 3 is 2.42 bits per heavy atom. The predicted molar refractivity (Wildman–Crippen MR) is 156 cm³/mol. The summed E-state index contributed by atoms with van der Waals surface area (Å²) in [5.41, 5.74) is 3.76. The van der Waals surface area contributed by atoms with Crippen molar-refractivity contribution in [2.75, 3.05) is 13.2 Å². The minimum absolute atomic E-state index is 0.227. The van der Waals surface area contributed by atoms with Gasteiger partial charge in [0.15, 0.2) is 0 Å². The Labute approximate surface area is 246 Å². The summed E-state index contributed by atoms with van der Waals surface area (Å²) in [7, 11) is 0. The maximum atomic E-state index is 12.7. The van der Waals surface area contributed by atoms with Crippen LogP contribution in [-0.4, -0.2) is 30.1 Å². The van der Waals surface area contributed by atoms with Crippen LogP contribution in [-0.2, 0) is 11.2 Å². The van der Waals surface area contributed by atoms with Gasteiger partial charge in [-0.3, -0.25) is 9.59 Å². The zero-order valence-corrected chi connectivity index (χ0v) is 23.4. The zero-order chi connectivity index (χ0) is 28.2. The topological polar surface area (TPSA) is 84.9 Å². The molecule has 0 fully saturated rings. The highest BCUT2D eigenvalue weighted by Gasteiger charge is 2.29. The van der Waals surface area contributed by atoms with Gasteiger partial charge in [-0.25, -0.2) is 0 Å². The Morgan fingerprint density at radius 1 is 0.925 bits per heavy atom. The molecular formula is C31H24Cl3NO5. The lowest BCUT2D eigenvalue weighted by atomic mass is 9.93. The molecular weight excluding hydrogens is 573 g/mol. The van der Waals surface area contributed by atoms with Crippen molar-refractivity contribution in [1.82, 2.24) is 5.32 Å². The van der Waals surface area contributed by atoms with E-state index in [1.807, 2.05) is 42.5 Å². The number of aliphatic carboxylic acids is 1. The lowest BCUT2D eigenvalue weighted by Gasteiger charge is -2.24. The number of rotatable bonds is 8. The molecule has 4 aromatic rings. The van der Waals surface area contributed by atoms with Crippen molar-refractivity contribution in [3.8, 4) is 28.4 Å². The molecule has 9 heteroatoms. The van der Waals surface area contributed by atoms with Gasteiger partial charge in [-0.1, -0.05) is 65.1 Å². The molecule has 1 heterocycles. The number of carbonyl (C=O) groups is 2. The molecule has 0 saturated carbocycles. The minimum Gasteiger partial charge on any atom is -0.493 e. The first-order valence-corrected chi connectivity index (χ1v) is 13.7. The average Bonchev–Trinajstić information content (AvgIpc) is 2.94. The molecule has 0 radical (unpaired) electrons. The molecule has 1 aliphatic heterocycles. The molecule has 6 nitrogen and oxygen atoms in total. The van der Waals surface area contributed by atoms with Gasteiger partial charge in [0.25, 0.3) is 5.91 Å². The Bertz CT molecular complexity index is 1570. The second-order valence-corrected chi connectivity index (χ2v) is 10.5. The quantitative estimate of drug-likeness (QED) is 0.215. The first kappa shape index (κ1) is 27.8. The molecule has 1 atom stereocenters. The van der Waals surface area contributed by atoms with E-state index in [1.54, 1.807) is 36.4 Å². The van der Waals surface area contributed by atoms with Crippen LogP contribution in [0.2, 0.25) is 15.1 Å². The molecule has 1 amide bonds. The van der Waals surface area contributed by atoms with Crippen molar-refractivity contribution in [3.05, 3.63) is 111 Å². The smallest absolute Gasteiger partial charge is 0.311 e. The maximum absolute atomic E-state index is 12.7. The van der Waals surface area contributed by atoms with Gasteiger partial charge in [0.1, 0.15) is 17.2 Å². The van der Waals surface area contributed by atoms with E-state index in [9.17, 15) is 14.7 Å². The number of carbonyl (C=O) groups excluding carboxylic acids is 1. The number of carboxylic acid groups (broad SMARTS) is 1. The van der Waals surface area contributed by atoms with E-state index in [0.29, 0.717) is 64.4 Å². The summed E-state index contributed by atoms with van der Waals surface area (Å²) < 4.78 is 11.5. The van der Waals surface area contributed by atoms with E-state index in [1.165, 1.54) is 0 Å². The predicted octanol–water partition coefficient (Wildman–Crippen LogP) is 8.03. The molecule has 40 heavy (non-hydrogen) atoms. The molecule has 0 bridgehead atoms. The van der Waals surface area contributed by atoms with Crippen molar-refractivity contribution in [3.63, 3.8) is 0 Å². The van der Waals surface area contributed by atoms with Gasteiger partial charge in [0.05, 0.1) is 17.5 Å². The third-order valence-electron chi connectivity index (χ3n) is 6.66. The van der Waals surface area contributed by atoms with Gasteiger partial charge in [0.2, 0.25) is 0 Å². The lowest BCUT2D eigenvalue weighted by molar-refractivity contribution is -0.139. The van der Waals surface area contributed by atoms with Crippen molar-refractivity contribution in [1.29, 1.82) is 0 Å². The Kier molecular flexibility index (Phi) is 8.50. The summed E-state index contributed by atoms with van der Waals surface area (Å²) in [4.78, 5) is 24.2. The normalized spacial score (nSPS) is 14.1. The summed E-state index contributed by atoms with van der Waals surface area (Å²) in [5, 5.41) is 13.9. The summed E-state index contributed by atoms with van der Waals surface area (Å²) in [5.74, 6) is -0.576. The molecule has 2 N–H and O–H groups in total. The molecule has 0 spiro atoms. The highest BCUT2D eigenvalue weighted by atomic mass is 35.5. The van der Waals surface area contributed by atoms with Gasteiger partial charge in [-0.05, 0) is 66.4 Å². The van der Waals surface area contributed by atoms with E-state index < -0.39 is 11.9 Å². The Morgan fingerprint density at radius 2 is 1.70 bits per heavy atom. The molecule has 0 aromatic heterocycles. The molecule has 0 aliphatic carbocycles. The van der Waals surface area contributed by atoms with E-state index >= 15 is 0 Å². The summed E-state index contributed by atoms with van der Waals surface area (Å²) in [6.45, 7) is 0.708. The van der Waals surface area contributed by atoms with Crippen molar-refractivity contribution >= 4 is 46.7 Å². The van der Waals surface area contributed by atoms with Gasteiger partial charge in [0, 0.05) is 39.3 Å². The summed E-state index contributed by atoms with van der Waals surface area (Å²) >= 11 is 19.2. The number of fused-ring (bicyclic) bond motifs is 1. The number of nitrogens with one attached hydrogen (secondary N) is 1. The van der Waals surface area contributed by atoms with E-state index in [2.05, 4.69) is 5.32 Å². The molecule has 0 saturated heterocycles. The Hall–Kier alpha value is -3.71. The standard InChI is InChI=1S/C31H24Cl3NO5/c32-25-4-2-1-3-22(25)20-6-5-18(26(33)15-20)11-13-35-30(36)19-7-9-21(10-8-19)40-29-17-28-24(16-27(29)34)23(31(37)38)12-14-39-28/h1-10,15-17,23H,11-14H2,(H,35,36)(H,37,38). The maximum Gasteiger partial charge on any atom is 0.311 e. The first-order valence-electron chi connectivity index (χ1n) is 12.6. The number of benzene rings is 4. The van der Waals surface area contributed by atoms with Crippen LogP contribution in [0.25, 0.3) is 11.1 Å². The number of ether oxygens (including phenoxy) is 2. The number of hydrogen-bond donors (Lipinski definition) is 2. The average molecular weight is 597 g/mol. The van der Waals surface area contributed by atoms with Crippen LogP contribution in [0.4, 0.5) is 0 Å². The van der Waals surface area contributed by atoms with Crippen LogP contribution in [0.3, 0.4) is 0 Å². The summed E-state index contributed by atoms with van der Waals surface area (Å²) in [6, 6.07) is 23.2. The number of hydrogen-bond acceptors (Lipinski definition) is 4. The van der Waals surface area contributed by atoms with E-state index in [4.69, 9.17) is 44.3 Å². The number of halogens is 3. The van der Waals surface area contributed by atoms with Crippen molar-refractivity contribution < 1.29 is 24.2 Å². The van der Waals surface area contributed by atoms with Gasteiger partial charge in [-0.2, -0.15) is 0 Å². The third-order valence-corrected chi connectivity index (χ3v) is 7.64. The van der Waals surface area contributed by atoms with Crippen molar-refractivity contribution in [2.24, 2.45) is 0 Å². The second kappa shape index (κ2) is 12.2. The van der Waals surface area contributed by atoms with Gasteiger partial charge < -0.3 is 19.9 Å². The van der Waals surface area contributed by atoms with E-state index in [0.717, 1.165) is 16.7 Å². The van der Waals surface area contributed by atoms with Crippen LogP contribution in [0.5, 0.6) is 17.2 Å². The van der Waals surface area contributed by atoms with Crippen LogP contribution in [0.15, 0.2) is 78.9 Å². The van der Waals surface area contributed by atoms with Crippen LogP contribution >= 0.6 is 34.8 Å². The fourth-order valence-electron chi connectivity index (χ4n) is 4.55. The Balaban J connectivity index is 1.18. The third kappa shape index (κ3) is 6.20. The fourth-order valence-corrected chi connectivity index (χ4v) is 5.28. The lowest BCUT2D eigenvalue weighted by Crippen LogP contribution is -2.25. The number of carboxylic acids is 1. The minimum atomic E-state index is -0.919. The van der Waals surface area contributed by atoms with Crippen molar-refractivity contribution in [2.45, 2.75) is 18.8 Å². The highest BCUT2D eigenvalue weighted by molar-refractivity contribution is 6.34. The zero-order valence-electron chi connectivity index (χ0n) is 21.1. The SMILES string of the molecule is O=C(NCCc1ccc(-c2ccccc2Cl)cc1Cl)c1ccc(Oc2cc3c(cc2Cl)C(C(=O)O)CCO3)cc1.